The van der Waals surface area contributed by atoms with Crippen LogP contribution in [0.25, 0.3) is 31.8 Å². The van der Waals surface area contributed by atoms with Crippen LogP contribution in [-0.2, 0) is 0 Å². The number of hydrogen-bond acceptors (Lipinski definition) is 6. The number of pyridine rings is 1. The fourth-order valence-corrected chi connectivity index (χ4v) is 5.32. The summed E-state index contributed by atoms with van der Waals surface area (Å²) in [5.41, 5.74) is 10.5. The largest absolute Gasteiger partial charge is 0.397 e. The lowest BCUT2D eigenvalue weighted by atomic mass is 9.97. The third-order valence-corrected chi connectivity index (χ3v) is 6.71. The van der Waals surface area contributed by atoms with E-state index < -0.39 is 0 Å². The summed E-state index contributed by atoms with van der Waals surface area (Å²) in [4.78, 5) is 31.7. The van der Waals surface area contributed by atoms with Crippen LogP contribution in [0.1, 0.15) is 32.6 Å². The van der Waals surface area contributed by atoms with Crippen molar-refractivity contribution in [1.82, 2.24) is 4.98 Å². The van der Waals surface area contributed by atoms with Crippen LogP contribution in [0, 0.1) is 0 Å². The van der Waals surface area contributed by atoms with Crippen LogP contribution in [0.15, 0.2) is 41.8 Å². The van der Waals surface area contributed by atoms with Gasteiger partial charge in [-0.05, 0) is 17.0 Å². The van der Waals surface area contributed by atoms with Crippen LogP contribution in [-0.4, -0.2) is 16.6 Å². The number of ketones is 2. The van der Waals surface area contributed by atoms with Gasteiger partial charge in [-0.2, -0.15) is 0 Å². The molecule has 0 atom stereocenters. The molecule has 1 aliphatic rings. The lowest BCUT2D eigenvalue weighted by molar-refractivity contribution is 0.101. The Morgan fingerprint density at radius 3 is 2.54 bits per heavy atom. The summed E-state index contributed by atoms with van der Waals surface area (Å²) in [5, 5.41) is 2.76. The van der Waals surface area contributed by atoms with Crippen molar-refractivity contribution in [2.45, 2.75) is 6.92 Å². The van der Waals surface area contributed by atoms with Crippen molar-refractivity contribution in [3.8, 4) is 21.6 Å². The summed E-state index contributed by atoms with van der Waals surface area (Å²) in [6, 6.07) is 11.5. The zero-order chi connectivity index (χ0) is 18.0. The molecular formula is C20H12N2O2S2. The van der Waals surface area contributed by atoms with E-state index in [0.29, 0.717) is 26.7 Å². The van der Waals surface area contributed by atoms with Crippen molar-refractivity contribution in [3.63, 3.8) is 0 Å². The Labute approximate surface area is 156 Å². The van der Waals surface area contributed by atoms with E-state index in [1.54, 1.807) is 11.3 Å². The van der Waals surface area contributed by atoms with Gasteiger partial charge in [-0.15, -0.1) is 22.7 Å². The molecule has 4 aromatic rings. The van der Waals surface area contributed by atoms with Crippen LogP contribution in [0.2, 0.25) is 0 Å². The van der Waals surface area contributed by atoms with E-state index in [-0.39, 0.29) is 11.6 Å². The zero-order valence-electron chi connectivity index (χ0n) is 13.7. The number of nitrogen functional groups attached to an aromatic ring is 1. The molecule has 1 aliphatic carbocycles. The maximum atomic E-state index is 12.9. The Hall–Kier alpha value is -2.83. The number of fused-ring (bicyclic) bond motifs is 4. The molecule has 0 unspecified atom stereocenters. The highest BCUT2D eigenvalue weighted by Gasteiger charge is 2.34. The molecule has 0 saturated heterocycles. The molecule has 5 rings (SSSR count). The highest BCUT2D eigenvalue weighted by atomic mass is 32.1. The number of carbonyl (C=O) groups excluding carboxylic acids is 2. The lowest BCUT2D eigenvalue weighted by Gasteiger charge is -2.10. The van der Waals surface area contributed by atoms with Gasteiger partial charge in [0.15, 0.2) is 5.78 Å². The minimum absolute atomic E-state index is 0.0772. The van der Waals surface area contributed by atoms with Gasteiger partial charge in [-0.25, -0.2) is 4.98 Å². The second kappa shape index (κ2) is 5.33. The van der Waals surface area contributed by atoms with Gasteiger partial charge in [0.1, 0.15) is 10.5 Å². The van der Waals surface area contributed by atoms with E-state index in [4.69, 9.17) is 5.73 Å². The van der Waals surface area contributed by atoms with Crippen LogP contribution in [0.3, 0.4) is 0 Å². The van der Waals surface area contributed by atoms with Gasteiger partial charge in [0, 0.05) is 33.9 Å². The number of rotatable bonds is 2. The minimum atomic E-state index is -0.0884. The van der Waals surface area contributed by atoms with Gasteiger partial charge in [0.2, 0.25) is 5.78 Å². The lowest BCUT2D eigenvalue weighted by Crippen LogP contribution is -1.99. The Morgan fingerprint density at radius 2 is 1.85 bits per heavy atom. The molecule has 0 spiro atoms. The first kappa shape index (κ1) is 15.4. The Balaban J connectivity index is 2.01. The SMILES string of the molecule is CC(=O)c1sc2nc3c(c(-c4cccs4)c2c1N)-c1ccccc1C3=O. The average Bonchev–Trinajstić information content (AvgIpc) is 3.33. The molecule has 26 heavy (non-hydrogen) atoms. The van der Waals surface area contributed by atoms with Gasteiger partial charge in [0.05, 0.1) is 10.6 Å². The molecule has 126 valence electrons. The third-order valence-electron chi connectivity index (χ3n) is 4.62. The maximum absolute atomic E-state index is 12.9. The standard InChI is InChI=1S/C20H12N2O2S2/c1-9(23)19-16(21)15-14(12-7-4-8-25-12)13-10-5-2-3-6-11(10)18(24)17(13)22-20(15)26-19/h2-8H,21H2,1H3. The topological polar surface area (TPSA) is 73.1 Å². The van der Waals surface area contributed by atoms with E-state index in [1.165, 1.54) is 18.3 Å². The molecule has 1 aromatic carbocycles. The number of aromatic nitrogens is 1. The number of Topliss-reactive ketones (excluding diaryl/α,β-unsaturated/α-hetero) is 1. The van der Waals surface area contributed by atoms with Crippen molar-refractivity contribution in [2.75, 3.05) is 5.73 Å². The number of nitrogens with zero attached hydrogens (tertiary/aromatic N) is 1. The van der Waals surface area contributed by atoms with Gasteiger partial charge in [0.25, 0.3) is 0 Å². The quantitative estimate of drug-likeness (QED) is 0.439. The minimum Gasteiger partial charge on any atom is -0.397 e. The average molecular weight is 376 g/mol. The number of hydrogen-bond donors (Lipinski definition) is 1. The van der Waals surface area contributed by atoms with Crippen molar-refractivity contribution in [1.29, 1.82) is 0 Å². The number of anilines is 1. The summed E-state index contributed by atoms with van der Waals surface area (Å²) in [6.45, 7) is 1.50. The van der Waals surface area contributed by atoms with E-state index in [2.05, 4.69) is 4.98 Å². The second-order valence-corrected chi connectivity index (χ2v) is 8.09. The van der Waals surface area contributed by atoms with Crippen LogP contribution >= 0.6 is 22.7 Å². The van der Waals surface area contributed by atoms with Crippen molar-refractivity contribution >= 4 is 50.1 Å². The van der Waals surface area contributed by atoms with Crippen LogP contribution < -0.4 is 5.73 Å². The molecule has 0 amide bonds. The van der Waals surface area contributed by atoms with Crippen molar-refractivity contribution in [3.05, 3.63) is 57.9 Å². The molecule has 0 bridgehead atoms. The molecule has 4 nitrogen and oxygen atoms in total. The van der Waals surface area contributed by atoms with Crippen LogP contribution in [0.5, 0.6) is 0 Å². The molecule has 0 radical (unpaired) electrons. The van der Waals surface area contributed by atoms with E-state index in [9.17, 15) is 9.59 Å². The summed E-state index contributed by atoms with van der Waals surface area (Å²) >= 11 is 2.84. The predicted molar refractivity (Wildman–Crippen MR) is 106 cm³/mol. The first-order chi connectivity index (χ1) is 12.6. The van der Waals surface area contributed by atoms with Crippen molar-refractivity contribution < 1.29 is 9.59 Å². The van der Waals surface area contributed by atoms with Gasteiger partial charge in [-0.3, -0.25) is 9.59 Å². The molecule has 0 saturated carbocycles. The number of carbonyl (C=O) groups is 2. The second-order valence-electron chi connectivity index (χ2n) is 6.14. The summed E-state index contributed by atoms with van der Waals surface area (Å²) < 4.78 is 0. The van der Waals surface area contributed by atoms with E-state index in [1.807, 2.05) is 41.8 Å². The summed E-state index contributed by atoms with van der Waals surface area (Å²) in [6.07, 6.45) is 0. The highest BCUT2D eigenvalue weighted by molar-refractivity contribution is 7.21. The third kappa shape index (κ3) is 1.91. The monoisotopic (exact) mass is 376 g/mol. The molecule has 6 heteroatoms. The van der Waals surface area contributed by atoms with E-state index in [0.717, 1.165) is 27.0 Å². The predicted octanol–water partition coefficient (Wildman–Crippen LogP) is 5.02. The van der Waals surface area contributed by atoms with Gasteiger partial charge in [-0.1, -0.05) is 30.3 Å². The number of benzene rings is 1. The number of nitrogens with two attached hydrogens (primary N) is 1. The highest BCUT2D eigenvalue weighted by Crippen LogP contribution is 2.50. The smallest absolute Gasteiger partial charge is 0.212 e. The molecular weight excluding hydrogens is 364 g/mol. The molecule has 0 fully saturated rings. The fourth-order valence-electron chi connectivity index (χ4n) is 3.53. The normalized spacial score (nSPS) is 12.4. The molecule has 3 aromatic heterocycles. The summed E-state index contributed by atoms with van der Waals surface area (Å²) in [7, 11) is 0. The van der Waals surface area contributed by atoms with Gasteiger partial charge >= 0.3 is 0 Å². The molecule has 0 aliphatic heterocycles. The molecule has 3 heterocycles. The van der Waals surface area contributed by atoms with Crippen LogP contribution in [0.4, 0.5) is 5.69 Å². The number of thiophene rings is 2. The van der Waals surface area contributed by atoms with E-state index >= 15 is 0 Å². The fraction of sp³-hybridized carbons (Fsp3) is 0.0500. The van der Waals surface area contributed by atoms with Gasteiger partial charge < -0.3 is 5.73 Å². The maximum Gasteiger partial charge on any atom is 0.212 e. The van der Waals surface area contributed by atoms with Crippen molar-refractivity contribution in [2.24, 2.45) is 0 Å². The first-order valence-corrected chi connectivity index (χ1v) is 9.72. The molecule has 2 N–H and O–H groups in total. The Bertz CT molecular complexity index is 1240. The first-order valence-electron chi connectivity index (χ1n) is 8.02. The zero-order valence-corrected chi connectivity index (χ0v) is 15.3. The Kier molecular flexibility index (Phi) is 3.16. The Morgan fingerprint density at radius 1 is 1.08 bits per heavy atom. The summed E-state index contributed by atoms with van der Waals surface area (Å²) in [5.74, 6) is -0.166.